The maximum absolute atomic E-state index is 11.8. The highest BCUT2D eigenvalue weighted by Gasteiger charge is 2.15. The Kier molecular flexibility index (Phi) is 4.66. The molecule has 0 aliphatic rings. The van der Waals surface area contributed by atoms with Crippen LogP contribution in [0.2, 0.25) is 0 Å². The lowest BCUT2D eigenvalue weighted by Crippen LogP contribution is -2.15. The van der Waals surface area contributed by atoms with Crippen LogP contribution in [0.5, 0.6) is 5.75 Å². The summed E-state index contributed by atoms with van der Waals surface area (Å²) in [6.45, 7) is 0. The Bertz CT molecular complexity index is 1030. The number of benzene rings is 2. The molecule has 2 N–H and O–H groups in total. The van der Waals surface area contributed by atoms with E-state index in [-0.39, 0.29) is 5.75 Å². The topological polar surface area (TPSA) is 96.6 Å². The van der Waals surface area contributed by atoms with Gasteiger partial charge in [0, 0.05) is 22.8 Å². The summed E-state index contributed by atoms with van der Waals surface area (Å²) in [4.78, 5) is 33.4. The van der Waals surface area contributed by atoms with Crippen molar-refractivity contribution in [1.29, 1.82) is 0 Å². The minimum absolute atomic E-state index is 0.166. The molecule has 0 aliphatic heterocycles. The van der Waals surface area contributed by atoms with Crippen molar-refractivity contribution in [2.75, 3.05) is 0 Å². The van der Waals surface area contributed by atoms with Gasteiger partial charge in [-0.2, -0.15) is 0 Å². The molecule has 0 bridgehead atoms. The van der Waals surface area contributed by atoms with Crippen LogP contribution in [0, 0.1) is 0 Å². The van der Waals surface area contributed by atoms with Crippen molar-refractivity contribution < 1.29 is 24.6 Å². The molecule has 1 aromatic heterocycles. The first-order chi connectivity index (χ1) is 12.5. The number of aliphatic carboxylic acids is 1. The maximum atomic E-state index is 11.8. The van der Waals surface area contributed by atoms with Gasteiger partial charge < -0.3 is 14.8 Å². The van der Waals surface area contributed by atoms with Crippen LogP contribution >= 0.6 is 0 Å². The van der Waals surface area contributed by atoms with Crippen LogP contribution < -0.4 is 0 Å². The largest absolute Gasteiger partial charge is 0.508 e. The second-order valence-corrected chi connectivity index (χ2v) is 5.69. The number of allylic oxidation sites excluding steroid dienone is 1. The molecule has 2 aromatic carbocycles. The predicted octanol–water partition coefficient (Wildman–Crippen LogP) is 2.96. The number of carboxylic acids is 1. The molecule has 0 aliphatic carbocycles. The average molecular weight is 349 g/mol. The van der Waals surface area contributed by atoms with Crippen molar-refractivity contribution in [2.45, 2.75) is 6.42 Å². The molecule has 0 saturated carbocycles. The average Bonchev–Trinajstić information content (AvgIpc) is 2.99. The van der Waals surface area contributed by atoms with Crippen molar-refractivity contribution in [3.8, 4) is 11.4 Å². The number of phenolic OH excluding ortho intramolecular Hbond substituents is 1. The number of carboxylic acid groups (broad SMARTS) is 1. The lowest BCUT2D eigenvalue weighted by Gasteiger charge is -2.05. The molecular weight excluding hydrogens is 334 g/mol. The van der Waals surface area contributed by atoms with Crippen LogP contribution in [-0.4, -0.2) is 32.3 Å². The van der Waals surface area contributed by atoms with E-state index in [0.717, 1.165) is 22.2 Å². The fraction of sp³-hybridized carbons (Fsp3) is 0.0500. The molecule has 130 valence electrons. The van der Waals surface area contributed by atoms with Crippen molar-refractivity contribution in [1.82, 2.24) is 4.57 Å². The first kappa shape index (κ1) is 17.2. The molecule has 6 nitrogen and oxygen atoms in total. The van der Waals surface area contributed by atoms with Gasteiger partial charge in [0.05, 0.1) is 11.9 Å². The number of nitrogens with zero attached hydrogens (tertiary/aromatic N) is 1. The summed E-state index contributed by atoms with van der Waals surface area (Å²) in [5, 5.41) is 18.9. The van der Waals surface area contributed by atoms with Gasteiger partial charge in [-0.15, -0.1) is 0 Å². The highest BCUT2D eigenvalue weighted by atomic mass is 16.4. The van der Waals surface area contributed by atoms with Gasteiger partial charge in [-0.05, 0) is 42.5 Å². The molecule has 0 amide bonds. The molecule has 0 fully saturated rings. The normalized spacial score (nSPS) is 11.1. The Morgan fingerprint density at radius 3 is 2.38 bits per heavy atom. The summed E-state index contributed by atoms with van der Waals surface area (Å²) < 4.78 is 1.92. The molecule has 0 saturated heterocycles. The first-order valence-corrected chi connectivity index (χ1v) is 7.82. The van der Waals surface area contributed by atoms with Gasteiger partial charge >= 0.3 is 5.97 Å². The Labute approximate surface area is 148 Å². The molecule has 6 heteroatoms. The summed E-state index contributed by atoms with van der Waals surface area (Å²) in [6, 6.07) is 14.3. The van der Waals surface area contributed by atoms with Crippen molar-refractivity contribution >= 4 is 34.5 Å². The zero-order valence-corrected chi connectivity index (χ0v) is 13.6. The number of Topliss-reactive ketones (excluding diaryl/α,β-unsaturated/α-hetero) is 1. The van der Waals surface area contributed by atoms with Gasteiger partial charge in [0.15, 0.2) is 5.78 Å². The van der Waals surface area contributed by atoms with E-state index in [1.165, 1.54) is 6.08 Å². The van der Waals surface area contributed by atoms with Gasteiger partial charge in [0.1, 0.15) is 5.75 Å². The van der Waals surface area contributed by atoms with Crippen molar-refractivity contribution in [2.24, 2.45) is 0 Å². The smallest absolute Gasteiger partial charge is 0.372 e. The Morgan fingerprint density at radius 1 is 1.00 bits per heavy atom. The number of carbonyl (C=O) groups excluding carboxylic acids is 2. The number of para-hydroxylation sites is 1. The van der Waals surface area contributed by atoms with Crippen LogP contribution in [0.15, 0.2) is 60.8 Å². The fourth-order valence-electron chi connectivity index (χ4n) is 2.64. The summed E-state index contributed by atoms with van der Waals surface area (Å²) >= 11 is 0. The summed E-state index contributed by atoms with van der Waals surface area (Å²) in [6.07, 6.45) is 3.95. The highest BCUT2D eigenvalue weighted by molar-refractivity contribution is 6.37. The number of hydrogen-bond donors (Lipinski definition) is 2. The predicted molar refractivity (Wildman–Crippen MR) is 96.2 cm³/mol. The number of rotatable bonds is 6. The molecule has 1 heterocycles. The van der Waals surface area contributed by atoms with Gasteiger partial charge in [-0.25, -0.2) is 4.79 Å². The zero-order chi connectivity index (χ0) is 18.7. The van der Waals surface area contributed by atoms with Crippen LogP contribution in [-0.2, 0) is 14.4 Å². The molecule has 0 unspecified atom stereocenters. The van der Waals surface area contributed by atoms with Gasteiger partial charge in [0.2, 0.25) is 5.78 Å². The third-order valence-electron chi connectivity index (χ3n) is 3.89. The minimum Gasteiger partial charge on any atom is -0.508 e. The zero-order valence-electron chi connectivity index (χ0n) is 13.6. The number of aromatic hydroxyl groups is 1. The molecule has 0 radical (unpaired) electrons. The molecule has 3 aromatic rings. The maximum Gasteiger partial charge on any atom is 0.372 e. The molecular formula is C20H15NO5. The molecule has 26 heavy (non-hydrogen) atoms. The van der Waals surface area contributed by atoms with Gasteiger partial charge in [0.25, 0.3) is 0 Å². The quantitative estimate of drug-likeness (QED) is 0.405. The molecule has 0 spiro atoms. The van der Waals surface area contributed by atoms with E-state index < -0.39 is 24.0 Å². The van der Waals surface area contributed by atoms with E-state index in [1.54, 1.807) is 30.3 Å². The van der Waals surface area contributed by atoms with Crippen LogP contribution in [0.3, 0.4) is 0 Å². The first-order valence-electron chi connectivity index (χ1n) is 7.82. The van der Waals surface area contributed by atoms with E-state index in [9.17, 15) is 19.5 Å². The standard InChI is InChI=1S/C20H15NO5/c22-15-9-6-14(7-10-15)21-12-13(17-3-1-2-4-18(17)21)5-8-16(23)11-19(24)20(25)26/h1-10,12,22H,11H2,(H,25,26)/b8-5+. The number of fused-ring (bicyclic) bond motifs is 1. The number of hydrogen-bond acceptors (Lipinski definition) is 4. The Balaban J connectivity index is 1.96. The Hall–Kier alpha value is -3.67. The van der Waals surface area contributed by atoms with Crippen LogP contribution in [0.4, 0.5) is 0 Å². The number of carbonyl (C=O) groups is 3. The fourth-order valence-corrected chi connectivity index (χ4v) is 2.64. The monoisotopic (exact) mass is 349 g/mol. The van der Waals surface area contributed by atoms with Crippen molar-refractivity contribution in [3.63, 3.8) is 0 Å². The van der Waals surface area contributed by atoms with E-state index in [4.69, 9.17) is 5.11 Å². The molecule has 3 rings (SSSR count). The molecule has 0 atom stereocenters. The van der Waals surface area contributed by atoms with Crippen LogP contribution in [0.1, 0.15) is 12.0 Å². The van der Waals surface area contributed by atoms with E-state index in [1.807, 2.05) is 35.0 Å². The second-order valence-electron chi connectivity index (χ2n) is 5.69. The van der Waals surface area contributed by atoms with Gasteiger partial charge in [-0.1, -0.05) is 18.2 Å². The lowest BCUT2D eigenvalue weighted by molar-refractivity contribution is -0.149. The Morgan fingerprint density at radius 2 is 1.69 bits per heavy atom. The van der Waals surface area contributed by atoms with E-state index in [0.29, 0.717) is 0 Å². The van der Waals surface area contributed by atoms with Crippen molar-refractivity contribution in [3.05, 3.63) is 66.4 Å². The minimum atomic E-state index is -1.62. The number of ketones is 2. The third kappa shape index (κ3) is 3.54. The highest BCUT2D eigenvalue weighted by Crippen LogP contribution is 2.26. The number of aromatic nitrogens is 1. The third-order valence-corrected chi connectivity index (χ3v) is 3.89. The summed E-state index contributed by atoms with van der Waals surface area (Å²) in [7, 11) is 0. The van der Waals surface area contributed by atoms with Gasteiger partial charge in [-0.3, -0.25) is 9.59 Å². The van der Waals surface area contributed by atoms with Crippen LogP contribution in [0.25, 0.3) is 22.7 Å². The van der Waals surface area contributed by atoms with E-state index in [2.05, 4.69) is 0 Å². The lowest BCUT2D eigenvalue weighted by atomic mass is 10.1. The SMILES string of the molecule is O=C(/C=C/c1cn(-c2ccc(O)cc2)c2ccccc12)CC(=O)C(=O)O. The summed E-state index contributed by atoms with van der Waals surface area (Å²) in [5.74, 6) is -3.15. The van der Waals surface area contributed by atoms with E-state index >= 15 is 0 Å². The number of phenols is 1. The summed E-state index contributed by atoms with van der Waals surface area (Å²) in [5.41, 5.74) is 2.50. The second kappa shape index (κ2) is 7.06.